The molecule has 4 rings (SSSR count). The molecule has 2 aromatic heterocycles. The Kier molecular flexibility index (Phi) is 2.75. The lowest BCUT2D eigenvalue weighted by atomic mass is 10.00. The zero-order valence-electron chi connectivity index (χ0n) is 11.1. The topological polar surface area (TPSA) is 36.8 Å². The quantitative estimate of drug-likeness (QED) is 0.918. The molecule has 2 aliphatic heterocycles. The van der Waals surface area contributed by atoms with Crippen molar-refractivity contribution in [3.63, 3.8) is 0 Å². The number of piperidine rings is 1. The Morgan fingerprint density at radius 3 is 2.90 bits per heavy atom. The zero-order chi connectivity index (χ0) is 13.7. The number of nitrogens with zero attached hydrogens (tertiary/aromatic N) is 2. The van der Waals surface area contributed by atoms with Crippen LogP contribution in [0, 0.1) is 5.92 Å². The molecular formula is C15H16ClN3O. The van der Waals surface area contributed by atoms with E-state index in [4.69, 9.17) is 11.6 Å². The Balaban J connectivity index is 1.56. The van der Waals surface area contributed by atoms with Gasteiger partial charge >= 0.3 is 0 Å². The van der Waals surface area contributed by atoms with E-state index in [0.717, 1.165) is 18.6 Å². The summed E-state index contributed by atoms with van der Waals surface area (Å²) in [6.45, 7) is 3.31. The van der Waals surface area contributed by atoms with Crippen molar-refractivity contribution in [2.24, 2.45) is 5.92 Å². The second-order valence-corrected chi connectivity index (χ2v) is 6.17. The summed E-state index contributed by atoms with van der Waals surface area (Å²) in [4.78, 5) is 14.8. The molecule has 4 heterocycles. The number of nitrogens with one attached hydrogen (secondary N) is 1. The molecule has 1 N–H and O–H groups in total. The number of carbonyl (C=O) groups is 1. The molecule has 0 radical (unpaired) electrons. The lowest BCUT2D eigenvalue weighted by Gasteiger charge is -2.23. The van der Waals surface area contributed by atoms with Gasteiger partial charge in [-0.3, -0.25) is 4.79 Å². The van der Waals surface area contributed by atoms with Crippen LogP contribution in [0.5, 0.6) is 0 Å². The SMILES string of the molecule is O=C(NC1CN2CC[C@H]1C2)c1ccn2ccc(Cl)c2c1. The summed E-state index contributed by atoms with van der Waals surface area (Å²) in [5.41, 5.74) is 1.55. The first-order chi connectivity index (χ1) is 9.70. The predicted octanol–water partition coefficient (Wildman–Crippen LogP) is 2.03. The molecule has 2 bridgehead atoms. The average Bonchev–Trinajstić information content (AvgIpc) is 3.15. The molecule has 0 saturated carbocycles. The third-order valence-electron chi connectivity index (χ3n) is 4.52. The molecule has 0 aromatic carbocycles. The fraction of sp³-hybridized carbons (Fsp3) is 0.400. The summed E-state index contributed by atoms with van der Waals surface area (Å²) in [5.74, 6) is 0.628. The molecule has 1 amide bonds. The summed E-state index contributed by atoms with van der Waals surface area (Å²) < 4.78 is 1.92. The first-order valence-corrected chi connectivity index (χ1v) is 7.38. The molecule has 0 spiro atoms. The molecule has 2 unspecified atom stereocenters. The maximum atomic E-state index is 12.4. The van der Waals surface area contributed by atoms with Crippen molar-refractivity contribution < 1.29 is 4.79 Å². The fourth-order valence-electron chi connectivity index (χ4n) is 3.40. The van der Waals surface area contributed by atoms with E-state index >= 15 is 0 Å². The number of hydrogen-bond donors (Lipinski definition) is 1. The predicted molar refractivity (Wildman–Crippen MR) is 78.2 cm³/mol. The van der Waals surface area contributed by atoms with Gasteiger partial charge in [0, 0.05) is 37.1 Å². The van der Waals surface area contributed by atoms with Crippen molar-refractivity contribution >= 4 is 23.0 Å². The van der Waals surface area contributed by atoms with Crippen molar-refractivity contribution in [2.45, 2.75) is 12.5 Å². The van der Waals surface area contributed by atoms with Crippen molar-refractivity contribution in [2.75, 3.05) is 19.6 Å². The highest BCUT2D eigenvalue weighted by Crippen LogP contribution is 2.28. The number of pyridine rings is 1. The number of amides is 1. The maximum absolute atomic E-state index is 12.4. The Morgan fingerprint density at radius 2 is 2.15 bits per heavy atom. The Hall–Kier alpha value is -1.52. The number of fused-ring (bicyclic) bond motifs is 3. The van der Waals surface area contributed by atoms with Gasteiger partial charge < -0.3 is 14.6 Å². The smallest absolute Gasteiger partial charge is 0.251 e. The normalized spacial score (nSPS) is 28.1. The zero-order valence-corrected chi connectivity index (χ0v) is 11.8. The Labute approximate surface area is 122 Å². The van der Waals surface area contributed by atoms with Gasteiger partial charge in [0.05, 0.1) is 10.5 Å². The van der Waals surface area contributed by atoms with Gasteiger partial charge in [-0.1, -0.05) is 11.6 Å². The number of carbonyl (C=O) groups excluding carboxylic acids is 1. The molecule has 4 nitrogen and oxygen atoms in total. The van der Waals surface area contributed by atoms with Crippen LogP contribution in [-0.2, 0) is 0 Å². The van der Waals surface area contributed by atoms with Crippen LogP contribution in [0.4, 0.5) is 0 Å². The first kappa shape index (κ1) is 12.2. The van der Waals surface area contributed by atoms with Crippen LogP contribution in [0.1, 0.15) is 16.8 Å². The lowest BCUT2D eigenvalue weighted by Crippen LogP contribution is -2.43. The third kappa shape index (κ3) is 1.91. The van der Waals surface area contributed by atoms with Crippen molar-refractivity contribution in [3.05, 3.63) is 41.2 Å². The van der Waals surface area contributed by atoms with Crippen molar-refractivity contribution in [1.82, 2.24) is 14.6 Å². The second kappa shape index (κ2) is 4.50. The Morgan fingerprint density at radius 1 is 1.30 bits per heavy atom. The molecule has 2 fully saturated rings. The molecule has 2 saturated heterocycles. The van der Waals surface area contributed by atoms with Crippen LogP contribution >= 0.6 is 11.6 Å². The second-order valence-electron chi connectivity index (χ2n) is 5.76. The van der Waals surface area contributed by atoms with Crippen LogP contribution in [0.3, 0.4) is 0 Å². The molecule has 104 valence electrons. The minimum Gasteiger partial charge on any atom is -0.348 e. The van der Waals surface area contributed by atoms with Gasteiger partial charge in [0.2, 0.25) is 0 Å². The molecular weight excluding hydrogens is 274 g/mol. The van der Waals surface area contributed by atoms with Crippen LogP contribution in [0.2, 0.25) is 5.02 Å². The summed E-state index contributed by atoms with van der Waals surface area (Å²) in [7, 11) is 0. The van der Waals surface area contributed by atoms with E-state index in [-0.39, 0.29) is 5.91 Å². The van der Waals surface area contributed by atoms with Crippen LogP contribution in [-0.4, -0.2) is 40.9 Å². The van der Waals surface area contributed by atoms with Gasteiger partial charge in [0.1, 0.15) is 0 Å². The molecule has 20 heavy (non-hydrogen) atoms. The number of halogens is 1. The van der Waals surface area contributed by atoms with Gasteiger partial charge in [-0.05, 0) is 37.1 Å². The van der Waals surface area contributed by atoms with Gasteiger partial charge in [-0.15, -0.1) is 0 Å². The van der Waals surface area contributed by atoms with Crippen LogP contribution in [0.15, 0.2) is 30.6 Å². The van der Waals surface area contributed by atoms with E-state index < -0.39 is 0 Å². The van der Waals surface area contributed by atoms with Crippen molar-refractivity contribution in [3.8, 4) is 0 Å². The number of aromatic nitrogens is 1. The Bertz CT molecular complexity index is 681. The van der Waals surface area contributed by atoms with Crippen LogP contribution < -0.4 is 5.32 Å². The first-order valence-electron chi connectivity index (χ1n) is 7.00. The monoisotopic (exact) mass is 289 g/mol. The highest BCUT2D eigenvalue weighted by molar-refractivity contribution is 6.34. The molecule has 5 heteroatoms. The standard InChI is InChI=1S/C15H16ClN3O/c16-12-3-6-19-5-2-10(7-14(12)19)15(20)17-13-9-18-4-1-11(13)8-18/h2-3,5-7,11,13H,1,4,8-9H2,(H,17,20)/t11-,13?/m0/s1. The van der Waals surface area contributed by atoms with E-state index in [9.17, 15) is 4.79 Å². The minimum atomic E-state index is 0.00326. The van der Waals surface area contributed by atoms with E-state index in [2.05, 4.69) is 10.2 Å². The van der Waals surface area contributed by atoms with Gasteiger partial charge in [-0.25, -0.2) is 0 Å². The summed E-state index contributed by atoms with van der Waals surface area (Å²) in [6.07, 6.45) is 4.97. The molecule has 2 aliphatic rings. The lowest BCUT2D eigenvalue weighted by molar-refractivity contribution is 0.0924. The maximum Gasteiger partial charge on any atom is 0.251 e. The van der Waals surface area contributed by atoms with Crippen LogP contribution in [0.25, 0.3) is 5.52 Å². The molecule has 3 atom stereocenters. The number of hydrogen-bond acceptors (Lipinski definition) is 2. The average molecular weight is 290 g/mol. The van der Waals surface area contributed by atoms with Gasteiger partial charge in [0.25, 0.3) is 5.91 Å². The van der Waals surface area contributed by atoms with Gasteiger partial charge in [0.15, 0.2) is 0 Å². The highest BCUT2D eigenvalue weighted by Gasteiger charge is 2.38. The molecule has 0 aliphatic carbocycles. The summed E-state index contributed by atoms with van der Waals surface area (Å²) in [6, 6.07) is 5.83. The summed E-state index contributed by atoms with van der Waals surface area (Å²) >= 11 is 6.11. The van der Waals surface area contributed by atoms with E-state index in [1.54, 1.807) is 0 Å². The highest BCUT2D eigenvalue weighted by atomic mass is 35.5. The van der Waals surface area contributed by atoms with E-state index in [1.807, 2.05) is 35.0 Å². The fourth-order valence-corrected chi connectivity index (χ4v) is 3.61. The van der Waals surface area contributed by atoms with E-state index in [1.165, 1.54) is 13.0 Å². The summed E-state index contributed by atoms with van der Waals surface area (Å²) in [5, 5.41) is 3.84. The molecule has 2 aromatic rings. The largest absolute Gasteiger partial charge is 0.348 e. The minimum absolute atomic E-state index is 0.00326. The number of rotatable bonds is 2. The third-order valence-corrected chi connectivity index (χ3v) is 4.84. The van der Waals surface area contributed by atoms with Crippen molar-refractivity contribution in [1.29, 1.82) is 0 Å². The van der Waals surface area contributed by atoms with Gasteiger partial charge in [-0.2, -0.15) is 0 Å². The van der Waals surface area contributed by atoms with E-state index in [0.29, 0.717) is 22.5 Å².